The van der Waals surface area contributed by atoms with Crippen LogP contribution in [-0.2, 0) is 4.79 Å². The summed E-state index contributed by atoms with van der Waals surface area (Å²) in [4.78, 5) is 16.7. The first-order chi connectivity index (χ1) is 11.5. The molecule has 0 aliphatic carbocycles. The molecule has 3 heterocycles. The fourth-order valence-corrected chi connectivity index (χ4v) is 3.94. The summed E-state index contributed by atoms with van der Waals surface area (Å²) in [5.41, 5.74) is 5.40. The molecule has 4 rings (SSSR count). The van der Waals surface area contributed by atoms with Gasteiger partial charge in [-0.05, 0) is 49.8 Å². The molecule has 24 heavy (non-hydrogen) atoms. The van der Waals surface area contributed by atoms with E-state index in [1.54, 1.807) is 23.6 Å². The van der Waals surface area contributed by atoms with Gasteiger partial charge in [0.05, 0.1) is 0 Å². The van der Waals surface area contributed by atoms with Gasteiger partial charge in [0.1, 0.15) is 0 Å². The molecule has 1 aromatic carbocycles. The van der Waals surface area contributed by atoms with Gasteiger partial charge in [0.15, 0.2) is 5.13 Å². The highest BCUT2D eigenvalue weighted by atomic mass is 35.5. The molecule has 0 unspecified atom stereocenters. The Morgan fingerprint density at radius 2 is 2.12 bits per heavy atom. The van der Waals surface area contributed by atoms with Crippen LogP contribution in [0.5, 0.6) is 0 Å². The number of fused-ring (bicyclic) bond motifs is 1. The zero-order valence-electron chi connectivity index (χ0n) is 13.1. The van der Waals surface area contributed by atoms with Gasteiger partial charge < -0.3 is 5.32 Å². The first-order valence-corrected chi connectivity index (χ1v) is 8.72. The van der Waals surface area contributed by atoms with Crippen LogP contribution in [0.2, 0.25) is 5.02 Å². The van der Waals surface area contributed by atoms with Crippen LogP contribution in [0.25, 0.3) is 16.8 Å². The Labute approximate surface area is 148 Å². The Morgan fingerprint density at radius 3 is 2.88 bits per heavy atom. The highest BCUT2D eigenvalue weighted by molar-refractivity contribution is 7.12. The molecule has 1 aliphatic rings. The van der Waals surface area contributed by atoms with Crippen molar-refractivity contribution in [1.29, 1.82) is 0 Å². The van der Waals surface area contributed by atoms with Crippen LogP contribution in [0.1, 0.15) is 22.5 Å². The number of amides is 1. The number of nitrogens with zero attached hydrogens (tertiary/aromatic N) is 2. The minimum absolute atomic E-state index is 0.105. The van der Waals surface area contributed by atoms with Crippen molar-refractivity contribution < 1.29 is 4.79 Å². The van der Waals surface area contributed by atoms with Crippen molar-refractivity contribution in [3.8, 4) is 5.13 Å². The Bertz CT molecular complexity index is 986. The molecule has 0 fully saturated rings. The van der Waals surface area contributed by atoms with Gasteiger partial charge in [-0.1, -0.05) is 11.6 Å². The van der Waals surface area contributed by atoms with Gasteiger partial charge in [-0.15, -0.1) is 11.3 Å². The third kappa shape index (κ3) is 2.37. The first kappa shape index (κ1) is 15.2. The molecule has 4 nitrogen and oxygen atoms in total. The van der Waals surface area contributed by atoms with Crippen LogP contribution >= 0.6 is 22.9 Å². The molecule has 120 valence electrons. The maximum atomic E-state index is 12.3. The van der Waals surface area contributed by atoms with E-state index in [0.717, 1.165) is 33.3 Å². The Morgan fingerprint density at radius 1 is 1.29 bits per heavy atom. The average Bonchev–Trinajstić information content (AvgIpc) is 3.21. The van der Waals surface area contributed by atoms with Crippen LogP contribution in [0.3, 0.4) is 0 Å². The number of benzene rings is 1. The number of carbonyl (C=O) groups excluding carboxylic acids is 1. The Kier molecular flexibility index (Phi) is 3.55. The number of nitrogens with one attached hydrogen (secondary N) is 1. The normalized spacial score (nSPS) is 15.0. The van der Waals surface area contributed by atoms with E-state index in [4.69, 9.17) is 11.6 Å². The predicted molar refractivity (Wildman–Crippen MR) is 98.9 cm³/mol. The smallest absolute Gasteiger partial charge is 0.256 e. The van der Waals surface area contributed by atoms with Crippen molar-refractivity contribution >= 4 is 46.2 Å². The summed E-state index contributed by atoms with van der Waals surface area (Å²) >= 11 is 7.68. The van der Waals surface area contributed by atoms with Gasteiger partial charge in [-0.25, -0.2) is 4.98 Å². The maximum absolute atomic E-state index is 12.3. The summed E-state index contributed by atoms with van der Waals surface area (Å²) < 4.78 is 2.10. The molecule has 0 spiro atoms. The van der Waals surface area contributed by atoms with Crippen molar-refractivity contribution in [1.82, 2.24) is 9.55 Å². The van der Waals surface area contributed by atoms with E-state index in [2.05, 4.69) is 20.9 Å². The topological polar surface area (TPSA) is 46.9 Å². The van der Waals surface area contributed by atoms with E-state index >= 15 is 0 Å². The highest BCUT2D eigenvalue weighted by Gasteiger charge is 2.25. The Balaban J connectivity index is 1.85. The van der Waals surface area contributed by atoms with Crippen molar-refractivity contribution in [2.75, 3.05) is 5.32 Å². The average molecular weight is 356 g/mol. The number of halogens is 1. The van der Waals surface area contributed by atoms with Gasteiger partial charge in [-0.3, -0.25) is 9.36 Å². The number of anilines is 1. The van der Waals surface area contributed by atoms with E-state index in [1.807, 2.05) is 37.4 Å². The standard InChI is InChI=1S/C18H14ClN3OS/c1-10-7-12(11(2)22(10)18-20-5-6-24-18)8-15-14-9-13(19)3-4-16(14)21-17(15)23/h3-9H,1-2H3,(H,21,23)/b15-8-. The molecule has 0 saturated carbocycles. The molecule has 1 amide bonds. The molecular weight excluding hydrogens is 342 g/mol. The molecule has 0 bridgehead atoms. The van der Waals surface area contributed by atoms with E-state index in [0.29, 0.717) is 10.6 Å². The van der Waals surface area contributed by atoms with Crippen LogP contribution < -0.4 is 5.32 Å². The maximum Gasteiger partial charge on any atom is 0.256 e. The van der Waals surface area contributed by atoms with E-state index in [9.17, 15) is 4.79 Å². The van der Waals surface area contributed by atoms with Gasteiger partial charge in [0.2, 0.25) is 0 Å². The zero-order chi connectivity index (χ0) is 16.8. The molecule has 6 heteroatoms. The molecule has 1 N–H and O–H groups in total. The van der Waals surface area contributed by atoms with Gasteiger partial charge >= 0.3 is 0 Å². The monoisotopic (exact) mass is 355 g/mol. The van der Waals surface area contributed by atoms with Crippen molar-refractivity contribution in [3.63, 3.8) is 0 Å². The second-order valence-electron chi connectivity index (χ2n) is 5.68. The van der Waals surface area contributed by atoms with Crippen molar-refractivity contribution in [2.24, 2.45) is 0 Å². The van der Waals surface area contributed by atoms with Gasteiger partial charge in [0, 0.05) is 44.8 Å². The van der Waals surface area contributed by atoms with Crippen molar-refractivity contribution in [3.05, 3.63) is 63.4 Å². The van der Waals surface area contributed by atoms with Gasteiger partial charge in [-0.2, -0.15) is 0 Å². The van der Waals surface area contributed by atoms with Gasteiger partial charge in [0.25, 0.3) is 5.91 Å². The number of carbonyl (C=O) groups is 1. The van der Waals surface area contributed by atoms with E-state index in [1.165, 1.54) is 0 Å². The second kappa shape index (κ2) is 5.61. The van der Waals surface area contributed by atoms with Crippen molar-refractivity contribution in [2.45, 2.75) is 13.8 Å². The lowest BCUT2D eigenvalue weighted by Gasteiger charge is -2.04. The van der Waals surface area contributed by atoms with Crippen LogP contribution in [0.15, 0.2) is 35.8 Å². The predicted octanol–water partition coefficient (Wildman–Crippen LogP) is 4.70. The molecule has 0 atom stereocenters. The van der Waals surface area contributed by atoms with E-state index < -0.39 is 0 Å². The molecule has 0 radical (unpaired) electrons. The summed E-state index contributed by atoms with van der Waals surface area (Å²) in [6, 6.07) is 7.49. The second-order valence-corrected chi connectivity index (χ2v) is 6.99. The summed E-state index contributed by atoms with van der Waals surface area (Å²) in [5.74, 6) is -0.105. The SMILES string of the molecule is Cc1cc(/C=C2\C(=O)Nc3ccc(Cl)cc32)c(C)n1-c1nccs1. The lowest BCUT2D eigenvalue weighted by Crippen LogP contribution is -2.03. The lowest BCUT2D eigenvalue weighted by molar-refractivity contribution is -0.110. The molecule has 0 saturated heterocycles. The number of thiazole rings is 1. The van der Waals surface area contributed by atoms with E-state index in [-0.39, 0.29) is 5.91 Å². The fourth-order valence-electron chi connectivity index (χ4n) is 3.01. The lowest BCUT2D eigenvalue weighted by atomic mass is 10.0. The third-order valence-corrected chi connectivity index (χ3v) is 5.14. The number of aromatic nitrogens is 2. The highest BCUT2D eigenvalue weighted by Crippen LogP contribution is 2.36. The largest absolute Gasteiger partial charge is 0.321 e. The minimum atomic E-state index is -0.105. The third-order valence-electron chi connectivity index (χ3n) is 4.15. The summed E-state index contributed by atoms with van der Waals surface area (Å²) in [7, 11) is 0. The molecule has 2 aromatic heterocycles. The molecular formula is C18H14ClN3OS. The summed E-state index contributed by atoms with van der Waals surface area (Å²) in [6.07, 6.45) is 3.71. The zero-order valence-corrected chi connectivity index (χ0v) is 14.7. The van der Waals surface area contributed by atoms with Crippen LogP contribution in [0.4, 0.5) is 5.69 Å². The molecule has 1 aliphatic heterocycles. The number of hydrogen-bond acceptors (Lipinski definition) is 3. The summed E-state index contributed by atoms with van der Waals surface area (Å²) in [5, 5.41) is 6.37. The fraction of sp³-hybridized carbons (Fsp3) is 0.111. The minimum Gasteiger partial charge on any atom is -0.321 e. The quantitative estimate of drug-likeness (QED) is 0.677. The van der Waals surface area contributed by atoms with Crippen LogP contribution in [0, 0.1) is 13.8 Å². The number of aryl methyl sites for hydroxylation is 1. The molecule has 3 aromatic rings. The van der Waals surface area contributed by atoms with Crippen LogP contribution in [-0.4, -0.2) is 15.5 Å². The summed E-state index contributed by atoms with van der Waals surface area (Å²) in [6.45, 7) is 4.07. The number of rotatable bonds is 2. The Hall–Kier alpha value is -2.37. The first-order valence-electron chi connectivity index (χ1n) is 7.46. The number of hydrogen-bond donors (Lipinski definition) is 1.